The molecule has 0 fully saturated rings. The summed E-state index contributed by atoms with van der Waals surface area (Å²) in [6.45, 7) is 3.81. The second-order valence-electron chi connectivity index (χ2n) is 3.41. The maximum absolute atomic E-state index is 6.01. The average molecular weight is 299 g/mol. The van der Waals surface area contributed by atoms with Crippen LogP contribution in [-0.2, 0) is 0 Å². The summed E-state index contributed by atoms with van der Waals surface area (Å²) in [5, 5.41) is 0.479. The van der Waals surface area contributed by atoms with Gasteiger partial charge < -0.3 is 0 Å². The van der Waals surface area contributed by atoms with Gasteiger partial charge in [-0.1, -0.05) is 11.6 Å². The number of nitrogens with zero attached hydrogens (tertiary/aromatic N) is 3. The predicted octanol–water partition coefficient (Wildman–Crippen LogP) is 3.57. The predicted molar refractivity (Wildman–Crippen MR) is 67.4 cm³/mol. The van der Waals surface area contributed by atoms with Crippen molar-refractivity contribution >= 4 is 27.5 Å². The van der Waals surface area contributed by atoms with Crippen LogP contribution in [0.25, 0.3) is 11.5 Å². The molecule has 2 heterocycles. The van der Waals surface area contributed by atoms with Crippen LogP contribution in [-0.4, -0.2) is 15.0 Å². The zero-order valence-corrected chi connectivity index (χ0v) is 11.2. The van der Waals surface area contributed by atoms with Crippen LogP contribution in [0.1, 0.15) is 11.3 Å². The van der Waals surface area contributed by atoms with Crippen molar-refractivity contribution in [1.29, 1.82) is 0 Å². The number of hydrogen-bond donors (Lipinski definition) is 0. The lowest BCUT2D eigenvalue weighted by molar-refractivity contribution is 1.05. The smallest absolute Gasteiger partial charge is 0.179 e. The van der Waals surface area contributed by atoms with E-state index in [1.807, 2.05) is 26.0 Å². The largest absolute Gasteiger partial charge is 0.252 e. The molecule has 2 aromatic heterocycles. The molecular formula is C11H9BrClN3. The van der Waals surface area contributed by atoms with Gasteiger partial charge in [0.2, 0.25) is 0 Å². The Morgan fingerprint density at radius 3 is 2.50 bits per heavy atom. The summed E-state index contributed by atoms with van der Waals surface area (Å²) >= 11 is 9.34. The lowest BCUT2D eigenvalue weighted by atomic mass is 10.2. The van der Waals surface area contributed by atoms with Gasteiger partial charge in [-0.3, -0.25) is 4.98 Å². The Morgan fingerprint density at radius 2 is 1.94 bits per heavy atom. The van der Waals surface area contributed by atoms with Gasteiger partial charge in [-0.05, 0) is 41.9 Å². The van der Waals surface area contributed by atoms with E-state index in [1.165, 1.54) is 0 Å². The lowest BCUT2D eigenvalue weighted by Crippen LogP contribution is -1.97. The van der Waals surface area contributed by atoms with Crippen molar-refractivity contribution < 1.29 is 0 Å². The number of pyridine rings is 1. The highest BCUT2D eigenvalue weighted by molar-refractivity contribution is 9.10. The molecule has 0 aliphatic heterocycles. The normalized spacial score (nSPS) is 10.5. The van der Waals surface area contributed by atoms with E-state index in [0.717, 1.165) is 15.7 Å². The zero-order chi connectivity index (χ0) is 11.7. The molecule has 0 spiro atoms. The van der Waals surface area contributed by atoms with Crippen LogP contribution in [0.2, 0.25) is 5.15 Å². The lowest BCUT2D eigenvalue weighted by Gasteiger charge is -2.05. The molecule has 16 heavy (non-hydrogen) atoms. The Morgan fingerprint density at radius 1 is 1.19 bits per heavy atom. The quantitative estimate of drug-likeness (QED) is 0.755. The second kappa shape index (κ2) is 4.47. The van der Waals surface area contributed by atoms with Gasteiger partial charge in [0.25, 0.3) is 0 Å². The molecule has 0 aromatic carbocycles. The number of halogens is 2. The van der Waals surface area contributed by atoms with Crippen LogP contribution in [0.4, 0.5) is 0 Å². The number of hydrogen-bond acceptors (Lipinski definition) is 3. The van der Waals surface area contributed by atoms with E-state index in [1.54, 1.807) is 6.20 Å². The summed E-state index contributed by atoms with van der Waals surface area (Å²) in [5.74, 6) is 0.556. The van der Waals surface area contributed by atoms with E-state index in [0.29, 0.717) is 16.7 Å². The van der Waals surface area contributed by atoms with Gasteiger partial charge in [-0.2, -0.15) is 0 Å². The van der Waals surface area contributed by atoms with Gasteiger partial charge in [-0.15, -0.1) is 0 Å². The molecule has 0 aliphatic carbocycles. The van der Waals surface area contributed by atoms with Crippen molar-refractivity contribution in [1.82, 2.24) is 15.0 Å². The fraction of sp³-hybridized carbons (Fsp3) is 0.182. The molecular weight excluding hydrogens is 289 g/mol. The third-order valence-corrected chi connectivity index (χ3v) is 3.12. The van der Waals surface area contributed by atoms with E-state index in [-0.39, 0.29) is 0 Å². The number of aromatic nitrogens is 3. The first kappa shape index (κ1) is 11.5. The van der Waals surface area contributed by atoms with Crippen molar-refractivity contribution in [3.63, 3.8) is 0 Å². The van der Waals surface area contributed by atoms with Crippen molar-refractivity contribution in [2.24, 2.45) is 0 Å². The molecule has 0 atom stereocenters. The van der Waals surface area contributed by atoms with Crippen molar-refractivity contribution in [2.45, 2.75) is 13.8 Å². The van der Waals surface area contributed by atoms with Crippen molar-refractivity contribution in [2.75, 3.05) is 0 Å². The van der Waals surface area contributed by atoms with Crippen LogP contribution in [0, 0.1) is 13.8 Å². The highest BCUT2D eigenvalue weighted by Gasteiger charge is 2.08. The minimum Gasteiger partial charge on any atom is -0.252 e. The number of rotatable bonds is 1. The molecule has 0 saturated carbocycles. The van der Waals surface area contributed by atoms with Gasteiger partial charge in [0, 0.05) is 21.9 Å². The fourth-order valence-corrected chi connectivity index (χ4v) is 1.67. The summed E-state index contributed by atoms with van der Waals surface area (Å²) < 4.78 is 0.922. The maximum atomic E-state index is 6.01. The number of aryl methyl sites for hydroxylation is 1. The first-order valence-corrected chi connectivity index (χ1v) is 5.87. The van der Waals surface area contributed by atoms with Crippen LogP contribution >= 0.6 is 27.5 Å². The monoisotopic (exact) mass is 297 g/mol. The molecule has 2 aromatic rings. The van der Waals surface area contributed by atoms with Gasteiger partial charge in [-0.25, -0.2) is 9.97 Å². The molecule has 0 amide bonds. The molecule has 3 nitrogen and oxygen atoms in total. The van der Waals surface area contributed by atoms with Gasteiger partial charge >= 0.3 is 0 Å². The molecule has 0 radical (unpaired) electrons. The molecule has 5 heteroatoms. The summed E-state index contributed by atoms with van der Waals surface area (Å²) in [6, 6.07) is 3.75. The van der Waals surface area contributed by atoms with Crippen LogP contribution in [0.3, 0.4) is 0 Å². The molecule has 82 valence electrons. The van der Waals surface area contributed by atoms with Gasteiger partial charge in [0.15, 0.2) is 5.82 Å². The highest BCUT2D eigenvalue weighted by atomic mass is 79.9. The van der Waals surface area contributed by atoms with E-state index in [4.69, 9.17) is 11.6 Å². The summed E-state index contributed by atoms with van der Waals surface area (Å²) in [7, 11) is 0. The Hall–Kier alpha value is -1.00. The first-order chi connectivity index (χ1) is 7.58. The third-order valence-electron chi connectivity index (χ3n) is 2.29. The molecule has 2 rings (SSSR count). The highest BCUT2D eigenvalue weighted by Crippen LogP contribution is 2.20. The fourth-order valence-electron chi connectivity index (χ4n) is 1.22. The molecule has 0 N–H and O–H groups in total. The summed E-state index contributed by atoms with van der Waals surface area (Å²) in [5.41, 5.74) is 2.50. The molecule has 0 aliphatic rings. The summed E-state index contributed by atoms with van der Waals surface area (Å²) in [4.78, 5) is 12.8. The van der Waals surface area contributed by atoms with Gasteiger partial charge in [0.1, 0.15) is 10.8 Å². The van der Waals surface area contributed by atoms with E-state index >= 15 is 0 Å². The Labute approximate surface area is 107 Å². The van der Waals surface area contributed by atoms with Crippen molar-refractivity contribution in [3.05, 3.63) is 39.2 Å². The van der Waals surface area contributed by atoms with Crippen LogP contribution in [0.5, 0.6) is 0 Å². The van der Waals surface area contributed by atoms with Gasteiger partial charge in [0.05, 0.1) is 0 Å². The van der Waals surface area contributed by atoms with E-state index in [9.17, 15) is 0 Å². The SMILES string of the molecule is Cc1nc(-c2ccc(Br)cn2)nc(Cl)c1C. The Kier molecular flexibility index (Phi) is 3.21. The Bertz CT molecular complexity index is 502. The van der Waals surface area contributed by atoms with E-state index in [2.05, 4.69) is 30.9 Å². The molecule has 0 unspecified atom stereocenters. The maximum Gasteiger partial charge on any atom is 0.179 e. The van der Waals surface area contributed by atoms with E-state index < -0.39 is 0 Å². The average Bonchev–Trinajstić information content (AvgIpc) is 2.26. The van der Waals surface area contributed by atoms with Crippen LogP contribution in [0.15, 0.2) is 22.8 Å². The minimum atomic E-state index is 0.479. The first-order valence-electron chi connectivity index (χ1n) is 4.70. The van der Waals surface area contributed by atoms with Crippen molar-refractivity contribution in [3.8, 4) is 11.5 Å². The molecule has 0 bridgehead atoms. The second-order valence-corrected chi connectivity index (χ2v) is 4.68. The molecule has 0 saturated heterocycles. The zero-order valence-electron chi connectivity index (χ0n) is 8.83. The van der Waals surface area contributed by atoms with Crippen LogP contribution < -0.4 is 0 Å². The summed E-state index contributed by atoms with van der Waals surface area (Å²) in [6.07, 6.45) is 1.71. The topological polar surface area (TPSA) is 38.7 Å². The third kappa shape index (κ3) is 2.23. The minimum absolute atomic E-state index is 0.479. The Balaban J connectivity index is 2.52. The standard InChI is InChI=1S/C11H9BrClN3/c1-6-7(2)15-11(16-10(6)13)9-4-3-8(12)5-14-9/h3-5H,1-2H3.